The molecule has 6 nitrogen and oxygen atoms in total. The van der Waals surface area contributed by atoms with E-state index in [9.17, 15) is 13.2 Å². The maximum atomic E-state index is 12.0. The summed E-state index contributed by atoms with van der Waals surface area (Å²) in [5.74, 6) is -0.130. The number of nitrogens with zero attached hydrogens (tertiary/aromatic N) is 2. The maximum Gasteiger partial charge on any atom is 0.240 e. The van der Waals surface area contributed by atoms with Crippen LogP contribution in [0.2, 0.25) is 0 Å². The highest BCUT2D eigenvalue weighted by Crippen LogP contribution is 2.33. The van der Waals surface area contributed by atoms with Crippen LogP contribution in [0.4, 0.5) is 5.69 Å². The second kappa shape index (κ2) is 6.68. The molecule has 0 fully saturated rings. The van der Waals surface area contributed by atoms with Gasteiger partial charge in [0.1, 0.15) is 0 Å². The molecule has 1 amide bonds. The predicted molar refractivity (Wildman–Crippen MR) is 97.8 cm³/mol. The van der Waals surface area contributed by atoms with Gasteiger partial charge in [-0.1, -0.05) is 42.5 Å². The van der Waals surface area contributed by atoms with Crippen LogP contribution in [0.15, 0.2) is 59.7 Å². The molecule has 0 unspecified atom stereocenters. The number of hydrazone groups is 1. The second-order valence-electron chi connectivity index (χ2n) is 6.00. The number of amides is 1. The van der Waals surface area contributed by atoms with Crippen LogP contribution in [-0.2, 0) is 14.8 Å². The Balaban J connectivity index is 1.92. The molecule has 25 heavy (non-hydrogen) atoms. The minimum absolute atomic E-state index is 0.130. The first-order chi connectivity index (χ1) is 11.8. The van der Waals surface area contributed by atoms with Gasteiger partial charge >= 0.3 is 0 Å². The highest BCUT2D eigenvalue weighted by Gasteiger charge is 2.31. The highest BCUT2D eigenvalue weighted by atomic mass is 32.2. The molecule has 2 aromatic carbocycles. The number of carbonyl (C=O) groups is 1. The van der Waals surface area contributed by atoms with E-state index in [1.165, 1.54) is 11.9 Å². The van der Waals surface area contributed by atoms with Gasteiger partial charge in [0.25, 0.3) is 0 Å². The first-order valence-electron chi connectivity index (χ1n) is 7.84. The van der Waals surface area contributed by atoms with Crippen LogP contribution in [0.5, 0.6) is 0 Å². The molecule has 0 saturated heterocycles. The SMILES string of the molecule is CC(=O)N1N=C(c2cccc(NS(C)(=O)=O)c2)C[C@@H]1c1ccccc1. The molecule has 1 heterocycles. The van der Waals surface area contributed by atoms with Crippen molar-refractivity contribution in [3.05, 3.63) is 65.7 Å². The van der Waals surface area contributed by atoms with Gasteiger partial charge in [0.05, 0.1) is 18.0 Å². The maximum absolute atomic E-state index is 12.0. The Hall–Kier alpha value is -2.67. The number of hydrogen-bond donors (Lipinski definition) is 1. The van der Waals surface area contributed by atoms with Crippen molar-refractivity contribution in [1.29, 1.82) is 0 Å². The van der Waals surface area contributed by atoms with Crippen molar-refractivity contribution in [2.24, 2.45) is 5.10 Å². The Morgan fingerprint density at radius 1 is 1.16 bits per heavy atom. The van der Waals surface area contributed by atoms with Crippen LogP contribution < -0.4 is 4.72 Å². The van der Waals surface area contributed by atoms with Crippen LogP contribution in [0.25, 0.3) is 0 Å². The molecule has 0 aliphatic carbocycles. The number of rotatable bonds is 4. The van der Waals surface area contributed by atoms with Gasteiger partial charge in [-0.2, -0.15) is 5.10 Å². The van der Waals surface area contributed by atoms with Gasteiger partial charge in [-0.05, 0) is 23.3 Å². The molecule has 1 aliphatic rings. The summed E-state index contributed by atoms with van der Waals surface area (Å²) in [6.45, 7) is 1.49. The van der Waals surface area contributed by atoms with E-state index in [1.54, 1.807) is 18.2 Å². The van der Waals surface area contributed by atoms with E-state index in [0.717, 1.165) is 23.1 Å². The Morgan fingerprint density at radius 3 is 2.52 bits per heavy atom. The Morgan fingerprint density at radius 2 is 1.88 bits per heavy atom. The van der Waals surface area contributed by atoms with Crippen molar-refractivity contribution in [3.8, 4) is 0 Å². The lowest BCUT2D eigenvalue weighted by Gasteiger charge is -2.20. The summed E-state index contributed by atoms with van der Waals surface area (Å²) >= 11 is 0. The molecule has 0 radical (unpaired) electrons. The van der Waals surface area contributed by atoms with E-state index in [4.69, 9.17) is 0 Å². The van der Waals surface area contributed by atoms with E-state index < -0.39 is 10.0 Å². The lowest BCUT2D eigenvalue weighted by Crippen LogP contribution is -2.24. The topological polar surface area (TPSA) is 78.8 Å². The lowest BCUT2D eigenvalue weighted by atomic mass is 9.98. The minimum atomic E-state index is -3.35. The zero-order valence-corrected chi connectivity index (χ0v) is 14.8. The number of nitrogens with one attached hydrogen (secondary N) is 1. The van der Waals surface area contributed by atoms with Gasteiger partial charge in [0.15, 0.2) is 0 Å². The van der Waals surface area contributed by atoms with Crippen molar-refractivity contribution >= 4 is 27.3 Å². The molecule has 0 aromatic heterocycles. The average molecular weight is 357 g/mol. The number of sulfonamides is 1. The normalized spacial score (nSPS) is 17.3. The summed E-state index contributed by atoms with van der Waals surface area (Å²) in [4.78, 5) is 12.0. The monoisotopic (exact) mass is 357 g/mol. The van der Waals surface area contributed by atoms with Crippen LogP contribution in [0, 0.1) is 0 Å². The summed E-state index contributed by atoms with van der Waals surface area (Å²) in [6.07, 6.45) is 1.68. The number of benzene rings is 2. The van der Waals surface area contributed by atoms with Crippen molar-refractivity contribution in [2.45, 2.75) is 19.4 Å². The van der Waals surface area contributed by atoms with Crippen LogP contribution in [0.3, 0.4) is 0 Å². The van der Waals surface area contributed by atoms with Gasteiger partial charge in [-0.3, -0.25) is 9.52 Å². The number of anilines is 1. The fourth-order valence-corrected chi connectivity index (χ4v) is 3.44. The van der Waals surface area contributed by atoms with Gasteiger partial charge < -0.3 is 0 Å². The minimum Gasteiger partial charge on any atom is -0.284 e. The molecule has 130 valence electrons. The summed E-state index contributed by atoms with van der Waals surface area (Å²) < 4.78 is 25.3. The molecule has 1 N–H and O–H groups in total. The molecule has 0 spiro atoms. The average Bonchev–Trinajstić information content (AvgIpc) is 3.00. The lowest BCUT2D eigenvalue weighted by molar-refractivity contribution is -0.130. The number of hydrogen-bond acceptors (Lipinski definition) is 4. The van der Waals surface area contributed by atoms with Crippen LogP contribution in [0.1, 0.15) is 30.5 Å². The molecular weight excluding hydrogens is 338 g/mol. The second-order valence-corrected chi connectivity index (χ2v) is 7.74. The largest absolute Gasteiger partial charge is 0.284 e. The van der Waals surface area contributed by atoms with Crippen molar-refractivity contribution in [3.63, 3.8) is 0 Å². The van der Waals surface area contributed by atoms with Gasteiger partial charge in [0, 0.05) is 19.0 Å². The molecule has 2 aromatic rings. The Kier molecular flexibility index (Phi) is 4.59. The highest BCUT2D eigenvalue weighted by molar-refractivity contribution is 7.92. The zero-order valence-electron chi connectivity index (χ0n) is 14.0. The van der Waals surface area contributed by atoms with Crippen molar-refractivity contribution in [2.75, 3.05) is 11.0 Å². The Labute approximate surface area is 147 Å². The smallest absolute Gasteiger partial charge is 0.240 e. The fourth-order valence-electron chi connectivity index (χ4n) is 2.89. The Bertz CT molecular complexity index is 924. The van der Waals surface area contributed by atoms with Crippen LogP contribution >= 0.6 is 0 Å². The standard InChI is InChI=1S/C18H19N3O3S/c1-13(22)21-18(14-7-4-3-5-8-14)12-17(19-21)15-9-6-10-16(11-15)20-25(2,23)24/h3-11,18,20H,12H2,1-2H3/t18-/m1/s1. The third kappa shape index (κ3) is 4.06. The van der Waals surface area contributed by atoms with E-state index in [1.807, 2.05) is 36.4 Å². The van der Waals surface area contributed by atoms with Gasteiger partial charge in [-0.15, -0.1) is 0 Å². The quantitative estimate of drug-likeness (QED) is 0.914. The molecular formula is C18H19N3O3S. The van der Waals surface area contributed by atoms with Crippen LogP contribution in [-0.4, -0.2) is 31.3 Å². The molecule has 0 saturated carbocycles. The first-order valence-corrected chi connectivity index (χ1v) is 9.73. The van der Waals surface area contributed by atoms with E-state index >= 15 is 0 Å². The van der Waals surface area contributed by atoms with Gasteiger partial charge in [-0.25, -0.2) is 13.4 Å². The van der Waals surface area contributed by atoms with Crippen molar-refractivity contribution < 1.29 is 13.2 Å². The zero-order chi connectivity index (χ0) is 18.0. The summed E-state index contributed by atoms with van der Waals surface area (Å²) in [6, 6.07) is 16.6. The first kappa shape index (κ1) is 17.2. The summed E-state index contributed by atoms with van der Waals surface area (Å²) in [5, 5.41) is 5.96. The molecule has 3 rings (SSSR count). The third-order valence-electron chi connectivity index (χ3n) is 3.92. The molecule has 1 atom stereocenters. The van der Waals surface area contributed by atoms with E-state index in [0.29, 0.717) is 12.1 Å². The number of carbonyl (C=O) groups excluding carboxylic acids is 1. The predicted octanol–water partition coefficient (Wildman–Crippen LogP) is 2.76. The summed E-state index contributed by atoms with van der Waals surface area (Å²) in [7, 11) is -3.35. The van der Waals surface area contributed by atoms with E-state index in [2.05, 4.69) is 9.82 Å². The van der Waals surface area contributed by atoms with Gasteiger partial charge in [0.2, 0.25) is 15.9 Å². The molecule has 7 heteroatoms. The van der Waals surface area contributed by atoms with Crippen molar-refractivity contribution in [1.82, 2.24) is 5.01 Å². The molecule has 0 bridgehead atoms. The molecule has 1 aliphatic heterocycles. The summed E-state index contributed by atoms with van der Waals surface area (Å²) in [5.41, 5.74) is 3.03. The fraction of sp³-hybridized carbons (Fsp3) is 0.222. The third-order valence-corrected chi connectivity index (χ3v) is 4.52. The van der Waals surface area contributed by atoms with E-state index in [-0.39, 0.29) is 11.9 Å².